The van der Waals surface area contributed by atoms with Crippen LogP contribution >= 0.6 is 0 Å². The van der Waals surface area contributed by atoms with Crippen molar-refractivity contribution in [1.29, 1.82) is 0 Å². The number of carboxylic acid groups (broad SMARTS) is 1. The van der Waals surface area contributed by atoms with Gasteiger partial charge in [-0.25, -0.2) is 9.59 Å². The topological polar surface area (TPSA) is 181 Å². The van der Waals surface area contributed by atoms with Gasteiger partial charge in [-0.3, -0.25) is 14.4 Å². The van der Waals surface area contributed by atoms with Crippen LogP contribution in [0.5, 0.6) is 5.75 Å². The van der Waals surface area contributed by atoms with E-state index in [2.05, 4.69) is 21.3 Å². The fourth-order valence-electron chi connectivity index (χ4n) is 5.05. The average molecular weight is 733 g/mol. The third kappa shape index (κ3) is 15.8. The summed E-state index contributed by atoms with van der Waals surface area (Å²) >= 11 is 0. The molecular formula is C40H52N4O9. The minimum Gasteiger partial charge on any atom is -0.489 e. The number of carbonyl (C=O) groups excluding carboxylic acids is 4. The van der Waals surface area contributed by atoms with E-state index >= 15 is 0 Å². The van der Waals surface area contributed by atoms with Crippen LogP contribution in [-0.2, 0) is 48.3 Å². The summed E-state index contributed by atoms with van der Waals surface area (Å²) in [7, 11) is 0. The summed E-state index contributed by atoms with van der Waals surface area (Å²) in [4.78, 5) is 65.1. The third-order valence-electron chi connectivity index (χ3n) is 7.72. The molecule has 53 heavy (non-hydrogen) atoms. The Morgan fingerprint density at radius 1 is 0.642 bits per heavy atom. The second-order valence-corrected chi connectivity index (χ2v) is 14.1. The number of nitrogens with one attached hydrogen (secondary N) is 4. The van der Waals surface area contributed by atoms with Gasteiger partial charge in [-0.1, -0.05) is 86.6 Å². The number of carbonyl (C=O) groups is 5. The molecule has 0 aliphatic rings. The van der Waals surface area contributed by atoms with E-state index in [-0.39, 0.29) is 32.0 Å². The molecule has 0 fully saturated rings. The Labute approximate surface area is 311 Å². The number of amides is 4. The van der Waals surface area contributed by atoms with Crippen LogP contribution < -0.4 is 26.0 Å². The van der Waals surface area contributed by atoms with Crippen molar-refractivity contribution < 1.29 is 43.3 Å². The minimum atomic E-state index is -1.26. The smallest absolute Gasteiger partial charge is 0.408 e. The zero-order valence-corrected chi connectivity index (χ0v) is 31.2. The lowest BCUT2D eigenvalue weighted by atomic mass is 10.0. The first-order chi connectivity index (χ1) is 25.1. The molecule has 3 rings (SSSR count). The van der Waals surface area contributed by atoms with E-state index in [0.29, 0.717) is 17.9 Å². The Morgan fingerprint density at radius 3 is 1.74 bits per heavy atom. The first kappa shape index (κ1) is 42.0. The number of ether oxygens (including phenoxy) is 3. The summed E-state index contributed by atoms with van der Waals surface area (Å²) in [6.07, 6.45) is -0.656. The van der Waals surface area contributed by atoms with Gasteiger partial charge in [-0.2, -0.15) is 0 Å². The predicted molar refractivity (Wildman–Crippen MR) is 199 cm³/mol. The molecule has 0 aliphatic carbocycles. The zero-order valence-electron chi connectivity index (χ0n) is 31.2. The van der Waals surface area contributed by atoms with E-state index in [4.69, 9.17) is 14.2 Å². The molecule has 3 aromatic rings. The summed E-state index contributed by atoms with van der Waals surface area (Å²) < 4.78 is 17.1. The van der Waals surface area contributed by atoms with Crippen molar-refractivity contribution in [2.75, 3.05) is 6.61 Å². The van der Waals surface area contributed by atoms with Crippen molar-refractivity contribution in [1.82, 2.24) is 21.3 Å². The Balaban J connectivity index is 1.80. The van der Waals surface area contributed by atoms with Crippen LogP contribution in [0.15, 0.2) is 84.9 Å². The number of alkyl carbamates (subject to hydrolysis) is 1. The summed E-state index contributed by atoms with van der Waals surface area (Å²) in [5.74, 6) is -2.73. The van der Waals surface area contributed by atoms with Crippen molar-refractivity contribution in [2.24, 2.45) is 5.92 Å². The van der Waals surface area contributed by atoms with Gasteiger partial charge in [0.15, 0.2) is 0 Å². The number of carboxylic acids is 1. The number of benzene rings is 3. The Morgan fingerprint density at radius 2 is 1.19 bits per heavy atom. The van der Waals surface area contributed by atoms with Crippen LogP contribution in [0.25, 0.3) is 0 Å². The molecule has 0 saturated carbocycles. The van der Waals surface area contributed by atoms with E-state index in [1.807, 2.05) is 74.5 Å². The number of aliphatic carboxylic acids is 1. The molecule has 0 bridgehead atoms. The van der Waals surface area contributed by atoms with Gasteiger partial charge in [0.2, 0.25) is 17.7 Å². The van der Waals surface area contributed by atoms with Crippen molar-refractivity contribution >= 4 is 29.8 Å². The lowest BCUT2D eigenvalue weighted by Gasteiger charge is -2.26. The van der Waals surface area contributed by atoms with Crippen LogP contribution in [0.4, 0.5) is 4.79 Å². The first-order valence-corrected chi connectivity index (χ1v) is 17.6. The van der Waals surface area contributed by atoms with Gasteiger partial charge < -0.3 is 40.6 Å². The van der Waals surface area contributed by atoms with Crippen molar-refractivity contribution in [2.45, 2.75) is 97.4 Å². The van der Waals surface area contributed by atoms with Gasteiger partial charge >= 0.3 is 12.1 Å². The second-order valence-electron chi connectivity index (χ2n) is 14.1. The zero-order chi connectivity index (χ0) is 39.0. The molecular weight excluding hydrogens is 680 g/mol. The highest BCUT2D eigenvalue weighted by Gasteiger charge is 2.31. The summed E-state index contributed by atoms with van der Waals surface area (Å²) in [5.41, 5.74) is 1.66. The summed E-state index contributed by atoms with van der Waals surface area (Å²) in [5, 5.41) is 19.9. The highest BCUT2D eigenvalue weighted by Crippen LogP contribution is 2.16. The molecule has 0 aromatic heterocycles. The molecule has 3 aromatic carbocycles. The largest absolute Gasteiger partial charge is 0.489 e. The lowest BCUT2D eigenvalue weighted by molar-refractivity contribution is -0.142. The lowest BCUT2D eigenvalue weighted by Crippen LogP contribution is -2.58. The molecule has 0 unspecified atom stereocenters. The van der Waals surface area contributed by atoms with E-state index in [1.54, 1.807) is 45.0 Å². The van der Waals surface area contributed by atoms with Crippen LogP contribution in [0.1, 0.15) is 64.7 Å². The molecule has 0 aliphatic heterocycles. The van der Waals surface area contributed by atoms with Crippen LogP contribution in [0.3, 0.4) is 0 Å². The van der Waals surface area contributed by atoms with Crippen molar-refractivity contribution in [3.63, 3.8) is 0 Å². The van der Waals surface area contributed by atoms with E-state index in [1.165, 1.54) is 6.92 Å². The van der Waals surface area contributed by atoms with Gasteiger partial charge in [-0.05, 0) is 68.9 Å². The molecule has 13 nitrogen and oxygen atoms in total. The standard InChI is InChI=1S/C40H52N4O9/c1-26(2)21-33(38(48)49)43-35(45)27(3)41-36(46)32(22-28-17-19-31(20-18-28)52-24-30-15-11-8-12-16-30)42-37(47)34(44-39(50)53-40(4,5)6)25-51-23-29-13-9-7-10-14-29/h7-20,26-27,32-34H,21-25H2,1-6H3,(H,41,46)(H,42,47)(H,43,45)(H,44,50)(H,48,49)/t27-,32+,33-,34+/m1/s1. The molecule has 0 radical (unpaired) electrons. The van der Waals surface area contributed by atoms with Gasteiger partial charge in [0.25, 0.3) is 0 Å². The molecule has 0 saturated heterocycles. The van der Waals surface area contributed by atoms with Crippen LogP contribution in [0, 0.1) is 5.92 Å². The first-order valence-electron chi connectivity index (χ1n) is 17.6. The molecule has 4 atom stereocenters. The fourth-order valence-corrected chi connectivity index (χ4v) is 5.05. The van der Waals surface area contributed by atoms with Crippen molar-refractivity contribution in [3.8, 4) is 5.75 Å². The van der Waals surface area contributed by atoms with Gasteiger partial charge in [0.05, 0.1) is 13.2 Å². The van der Waals surface area contributed by atoms with Gasteiger partial charge in [0.1, 0.15) is 42.1 Å². The maximum atomic E-state index is 13.8. The number of hydrogen-bond donors (Lipinski definition) is 5. The minimum absolute atomic E-state index is 0.00000796. The van der Waals surface area contributed by atoms with E-state index in [0.717, 1.165) is 11.1 Å². The van der Waals surface area contributed by atoms with E-state index in [9.17, 15) is 29.1 Å². The number of hydrogen-bond acceptors (Lipinski definition) is 8. The normalized spacial score (nSPS) is 13.5. The Kier molecular flexibility index (Phi) is 16.3. The average Bonchev–Trinajstić information content (AvgIpc) is 3.10. The monoisotopic (exact) mass is 732 g/mol. The Bertz CT molecular complexity index is 1630. The van der Waals surface area contributed by atoms with Crippen LogP contribution in [-0.4, -0.2) is 71.3 Å². The van der Waals surface area contributed by atoms with Crippen LogP contribution in [0.2, 0.25) is 0 Å². The highest BCUT2D eigenvalue weighted by molar-refractivity contribution is 5.94. The summed E-state index contributed by atoms with van der Waals surface area (Å²) in [6.45, 7) is 10.4. The highest BCUT2D eigenvalue weighted by atomic mass is 16.6. The summed E-state index contributed by atoms with van der Waals surface area (Å²) in [6, 6.07) is 21.2. The van der Waals surface area contributed by atoms with Gasteiger partial charge in [0, 0.05) is 6.42 Å². The molecule has 0 heterocycles. The van der Waals surface area contributed by atoms with Gasteiger partial charge in [-0.15, -0.1) is 0 Å². The quantitative estimate of drug-likeness (QED) is 0.118. The third-order valence-corrected chi connectivity index (χ3v) is 7.72. The molecule has 4 amide bonds. The maximum absolute atomic E-state index is 13.8. The Hall–Kier alpha value is -5.43. The van der Waals surface area contributed by atoms with E-state index < -0.39 is 59.6 Å². The molecule has 5 N–H and O–H groups in total. The fraction of sp³-hybridized carbons (Fsp3) is 0.425. The molecule has 286 valence electrons. The predicted octanol–water partition coefficient (Wildman–Crippen LogP) is 4.52. The molecule has 13 heteroatoms. The number of rotatable bonds is 19. The SMILES string of the molecule is CC(C)C[C@@H](NC(=O)[C@@H](C)NC(=O)[C@H](Cc1ccc(OCc2ccccc2)cc1)NC(=O)[C@H](COCc1ccccc1)NC(=O)OC(C)(C)C)C(=O)O. The molecule has 0 spiro atoms. The maximum Gasteiger partial charge on any atom is 0.408 e. The second kappa shape index (κ2) is 20.6. The van der Waals surface area contributed by atoms with Crippen molar-refractivity contribution in [3.05, 3.63) is 102 Å².